The molecule has 5 heteroatoms. The van der Waals surface area contributed by atoms with Crippen LogP contribution in [0.15, 0.2) is 24.3 Å². The fraction of sp³-hybridized carbons (Fsp3) is 0.368. The molecule has 0 amide bonds. The Kier molecular flexibility index (Phi) is 4.42. The van der Waals surface area contributed by atoms with Crippen molar-refractivity contribution in [1.29, 1.82) is 0 Å². The number of carbonyl (C=O) groups is 2. The molecule has 0 aliphatic heterocycles. The molecular weight excluding hydrogens is 306 g/mol. The zero-order valence-electron chi connectivity index (χ0n) is 14.1. The van der Waals surface area contributed by atoms with Crippen LogP contribution < -0.4 is 4.74 Å². The molecule has 0 radical (unpaired) electrons. The maximum atomic E-state index is 12.6. The normalized spacial score (nSPS) is 16.6. The minimum Gasteiger partial charge on any atom is -0.497 e. The second-order valence-electron chi connectivity index (χ2n) is 6.00. The van der Waals surface area contributed by atoms with Gasteiger partial charge in [-0.1, -0.05) is 12.1 Å². The van der Waals surface area contributed by atoms with Crippen molar-refractivity contribution < 1.29 is 19.1 Å². The quantitative estimate of drug-likeness (QED) is 0.874. The fourth-order valence-corrected chi connectivity index (χ4v) is 3.37. The molecule has 1 aromatic carbocycles. The minimum atomic E-state index is -0.407. The molecule has 0 spiro atoms. The average molecular weight is 327 g/mol. The molecule has 2 aromatic rings. The lowest BCUT2D eigenvalue weighted by atomic mass is 9.81. The van der Waals surface area contributed by atoms with Crippen LogP contribution in [0, 0.1) is 6.92 Å². The molecule has 0 saturated carbocycles. The topological polar surface area (TPSA) is 68.4 Å². The molecule has 0 bridgehead atoms. The van der Waals surface area contributed by atoms with E-state index in [4.69, 9.17) is 9.47 Å². The summed E-state index contributed by atoms with van der Waals surface area (Å²) < 4.78 is 10.3. The number of Topliss-reactive ketones (excluding diaryl/α,β-unsaturated/α-hetero) is 1. The molecule has 5 nitrogen and oxygen atoms in total. The van der Waals surface area contributed by atoms with Gasteiger partial charge in [0.15, 0.2) is 5.78 Å². The number of carbonyl (C=O) groups excluding carboxylic acids is 2. The number of methoxy groups -OCH3 is 1. The number of hydrogen-bond acceptors (Lipinski definition) is 4. The van der Waals surface area contributed by atoms with Crippen molar-refractivity contribution in [2.75, 3.05) is 13.7 Å². The molecular formula is C19H21NO4. The molecule has 1 unspecified atom stereocenters. The van der Waals surface area contributed by atoms with Crippen LogP contribution in [-0.4, -0.2) is 30.5 Å². The number of aromatic amines is 1. The summed E-state index contributed by atoms with van der Waals surface area (Å²) >= 11 is 0. The molecule has 1 heterocycles. The van der Waals surface area contributed by atoms with Crippen molar-refractivity contribution in [3.8, 4) is 5.75 Å². The first-order valence-corrected chi connectivity index (χ1v) is 8.10. The highest BCUT2D eigenvalue weighted by Gasteiger charge is 2.32. The van der Waals surface area contributed by atoms with Gasteiger partial charge in [0.05, 0.1) is 13.7 Å². The highest BCUT2D eigenvalue weighted by Crippen LogP contribution is 2.36. The molecule has 24 heavy (non-hydrogen) atoms. The third-order valence-electron chi connectivity index (χ3n) is 4.53. The minimum absolute atomic E-state index is 0.0633. The van der Waals surface area contributed by atoms with Gasteiger partial charge in [0.2, 0.25) is 0 Å². The van der Waals surface area contributed by atoms with E-state index >= 15 is 0 Å². The van der Waals surface area contributed by atoms with Crippen molar-refractivity contribution in [2.24, 2.45) is 0 Å². The Bertz CT molecular complexity index is 791. The van der Waals surface area contributed by atoms with Crippen molar-refractivity contribution in [3.05, 3.63) is 52.3 Å². The van der Waals surface area contributed by atoms with E-state index in [-0.39, 0.29) is 11.7 Å². The zero-order chi connectivity index (χ0) is 17.3. The maximum absolute atomic E-state index is 12.6. The second-order valence-corrected chi connectivity index (χ2v) is 6.00. The van der Waals surface area contributed by atoms with E-state index in [0.29, 0.717) is 36.3 Å². The lowest BCUT2D eigenvalue weighted by molar-refractivity contribution is 0.0519. The van der Waals surface area contributed by atoms with E-state index in [0.717, 1.165) is 17.0 Å². The number of benzene rings is 1. The highest BCUT2D eigenvalue weighted by molar-refractivity contribution is 6.03. The monoisotopic (exact) mass is 327 g/mol. The zero-order valence-corrected chi connectivity index (χ0v) is 14.1. The van der Waals surface area contributed by atoms with Gasteiger partial charge in [-0.25, -0.2) is 4.79 Å². The van der Waals surface area contributed by atoms with E-state index in [1.54, 1.807) is 21.0 Å². The number of fused-ring (bicyclic) bond motifs is 1. The average Bonchev–Trinajstić information content (AvgIpc) is 2.92. The van der Waals surface area contributed by atoms with E-state index < -0.39 is 5.97 Å². The number of ketones is 1. The molecule has 1 aromatic heterocycles. The first-order chi connectivity index (χ1) is 11.5. The van der Waals surface area contributed by atoms with E-state index in [1.165, 1.54) is 0 Å². The summed E-state index contributed by atoms with van der Waals surface area (Å²) in [6.07, 6.45) is 1.12. The fourth-order valence-electron chi connectivity index (χ4n) is 3.37. The Hall–Kier alpha value is -2.56. The molecule has 1 aliphatic rings. The van der Waals surface area contributed by atoms with Crippen LogP contribution in [0.3, 0.4) is 0 Å². The largest absolute Gasteiger partial charge is 0.497 e. The Balaban J connectivity index is 1.94. The van der Waals surface area contributed by atoms with Crippen molar-refractivity contribution in [2.45, 2.75) is 32.6 Å². The number of hydrogen-bond donors (Lipinski definition) is 1. The molecule has 126 valence electrons. The van der Waals surface area contributed by atoms with Crippen LogP contribution in [-0.2, 0) is 11.2 Å². The number of nitrogens with one attached hydrogen (secondary N) is 1. The standard InChI is InChI=1S/C19H21NO4/c1-4-24-19(22)18-11(2)17-15(20-18)9-13(10-16(17)21)12-6-5-7-14(8-12)23-3/h5-8,13,20H,4,9-10H2,1-3H3. The van der Waals surface area contributed by atoms with Gasteiger partial charge in [0.25, 0.3) is 0 Å². The molecule has 0 saturated heterocycles. The van der Waals surface area contributed by atoms with Gasteiger partial charge in [-0.3, -0.25) is 4.79 Å². The van der Waals surface area contributed by atoms with Crippen molar-refractivity contribution in [1.82, 2.24) is 4.98 Å². The summed E-state index contributed by atoms with van der Waals surface area (Å²) in [6.45, 7) is 3.87. The Morgan fingerprint density at radius 1 is 1.33 bits per heavy atom. The van der Waals surface area contributed by atoms with Crippen LogP contribution in [0.2, 0.25) is 0 Å². The van der Waals surface area contributed by atoms with Crippen LogP contribution in [0.4, 0.5) is 0 Å². The SMILES string of the molecule is CCOC(=O)c1[nH]c2c(c1C)C(=O)CC(c1cccc(OC)c1)C2. The summed E-state index contributed by atoms with van der Waals surface area (Å²) in [5, 5.41) is 0. The highest BCUT2D eigenvalue weighted by atomic mass is 16.5. The van der Waals surface area contributed by atoms with Gasteiger partial charge < -0.3 is 14.5 Å². The van der Waals surface area contributed by atoms with E-state index in [9.17, 15) is 9.59 Å². The summed E-state index contributed by atoms with van der Waals surface area (Å²) in [6, 6.07) is 7.79. The van der Waals surface area contributed by atoms with Gasteiger partial charge in [-0.2, -0.15) is 0 Å². The number of H-pyrrole nitrogens is 1. The lowest BCUT2D eigenvalue weighted by Crippen LogP contribution is -2.18. The predicted octanol–water partition coefficient (Wildman–Crippen LogP) is 3.42. The van der Waals surface area contributed by atoms with Gasteiger partial charge in [-0.15, -0.1) is 0 Å². The van der Waals surface area contributed by atoms with E-state index in [2.05, 4.69) is 4.98 Å². The second kappa shape index (κ2) is 6.51. The van der Waals surface area contributed by atoms with Crippen LogP contribution in [0.1, 0.15) is 56.9 Å². The summed E-state index contributed by atoms with van der Waals surface area (Å²) in [4.78, 5) is 27.8. The first kappa shape index (κ1) is 16.3. The van der Waals surface area contributed by atoms with Gasteiger partial charge in [-0.05, 0) is 49.4 Å². The summed E-state index contributed by atoms with van der Waals surface area (Å²) in [7, 11) is 1.63. The van der Waals surface area contributed by atoms with Gasteiger partial charge in [0, 0.05) is 17.7 Å². The Labute approximate surface area is 141 Å². The summed E-state index contributed by atoms with van der Waals surface area (Å²) in [5.74, 6) is 0.511. The van der Waals surface area contributed by atoms with Crippen LogP contribution >= 0.6 is 0 Å². The predicted molar refractivity (Wildman–Crippen MR) is 89.9 cm³/mol. The smallest absolute Gasteiger partial charge is 0.355 e. The third-order valence-corrected chi connectivity index (χ3v) is 4.53. The molecule has 1 atom stereocenters. The van der Waals surface area contributed by atoms with Gasteiger partial charge in [0.1, 0.15) is 11.4 Å². The molecule has 0 fully saturated rings. The number of aromatic nitrogens is 1. The number of rotatable bonds is 4. The van der Waals surface area contributed by atoms with Crippen LogP contribution in [0.5, 0.6) is 5.75 Å². The van der Waals surface area contributed by atoms with Crippen LogP contribution in [0.25, 0.3) is 0 Å². The third kappa shape index (κ3) is 2.82. The van der Waals surface area contributed by atoms with Crippen molar-refractivity contribution in [3.63, 3.8) is 0 Å². The maximum Gasteiger partial charge on any atom is 0.355 e. The Morgan fingerprint density at radius 2 is 2.12 bits per heavy atom. The number of ether oxygens (including phenoxy) is 2. The lowest BCUT2D eigenvalue weighted by Gasteiger charge is -2.22. The molecule has 1 N–H and O–H groups in total. The first-order valence-electron chi connectivity index (χ1n) is 8.10. The van der Waals surface area contributed by atoms with Gasteiger partial charge >= 0.3 is 5.97 Å². The summed E-state index contributed by atoms with van der Waals surface area (Å²) in [5.41, 5.74) is 3.62. The Morgan fingerprint density at radius 3 is 2.83 bits per heavy atom. The molecule has 3 rings (SSSR count). The number of esters is 1. The van der Waals surface area contributed by atoms with E-state index in [1.807, 2.05) is 24.3 Å². The molecule has 1 aliphatic carbocycles. The van der Waals surface area contributed by atoms with Crippen molar-refractivity contribution >= 4 is 11.8 Å².